The Bertz CT molecular complexity index is 439. The van der Waals surface area contributed by atoms with Gasteiger partial charge in [0.25, 0.3) is 0 Å². The molecule has 1 aromatic rings. The van der Waals surface area contributed by atoms with Crippen molar-refractivity contribution in [2.75, 3.05) is 26.2 Å². The van der Waals surface area contributed by atoms with Gasteiger partial charge in [0.1, 0.15) is 0 Å². The third-order valence-electron chi connectivity index (χ3n) is 4.95. The van der Waals surface area contributed by atoms with Gasteiger partial charge in [-0.2, -0.15) is 0 Å². The van der Waals surface area contributed by atoms with Crippen molar-refractivity contribution in [3.63, 3.8) is 0 Å². The molecule has 0 radical (unpaired) electrons. The van der Waals surface area contributed by atoms with Gasteiger partial charge in [-0.05, 0) is 50.2 Å². The van der Waals surface area contributed by atoms with Gasteiger partial charge in [0.2, 0.25) is 0 Å². The fraction of sp³-hybridized carbons (Fsp3) is 0.647. The standard InChI is InChI=1S/C17H26N2/c1-14-5-3-4-6-15(14)9-11-19-12-10-18-17(2,13-19)16-7-8-16/h3-6,16,18H,7-13H2,1-2H3. The molecule has 0 amide bonds. The van der Waals surface area contributed by atoms with Crippen molar-refractivity contribution < 1.29 is 0 Å². The second-order valence-electron chi connectivity index (χ2n) is 6.57. The minimum atomic E-state index is 0.379. The lowest BCUT2D eigenvalue weighted by atomic mass is 9.92. The maximum absolute atomic E-state index is 3.76. The maximum Gasteiger partial charge on any atom is 0.0309 e. The Labute approximate surface area is 117 Å². The summed E-state index contributed by atoms with van der Waals surface area (Å²) in [7, 11) is 0. The highest BCUT2D eigenvalue weighted by Crippen LogP contribution is 2.40. The topological polar surface area (TPSA) is 15.3 Å². The van der Waals surface area contributed by atoms with Crippen molar-refractivity contribution in [1.82, 2.24) is 10.2 Å². The number of hydrogen-bond acceptors (Lipinski definition) is 2. The quantitative estimate of drug-likeness (QED) is 0.893. The average molecular weight is 258 g/mol. The normalized spacial score (nSPS) is 28.5. The number of nitrogens with one attached hydrogen (secondary N) is 1. The van der Waals surface area contributed by atoms with Crippen LogP contribution in [-0.2, 0) is 6.42 Å². The number of rotatable bonds is 4. The second-order valence-corrected chi connectivity index (χ2v) is 6.57. The molecule has 0 bridgehead atoms. The van der Waals surface area contributed by atoms with E-state index in [2.05, 4.69) is 48.3 Å². The minimum Gasteiger partial charge on any atom is -0.309 e. The molecule has 2 heteroatoms. The van der Waals surface area contributed by atoms with Gasteiger partial charge >= 0.3 is 0 Å². The van der Waals surface area contributed by atoms with E-state index >= 15 is 0 Å². The highest BCUT2D eigenvalue weighted by molar-refractivity contribution is 5.25. The van der Waals surface area contributed by atoms with Crippen LogP contribution in [0.5, 0.6) is 0 Å². The van der Waals surface area contributed by atoms with E-state index in [1.165, 1.54) is 50.0 Å². The van der Waals surface area contributed by atoms with Gasteiger partial charge in [-0.15, -0.1) is 0 Å². The van der Waals surface area contributed by atoms with Crippen molar-refractivity contribution >= 4 is 0 Å². The maximum atomic E-state index is 3.76. The lowest BCUT2D eigenvalue weighted by molar-refractivity contribution is 0.128. The number of piperazine rings is 1. The van der Waals surface area contributed by atoms with Crippen LogP contribution in [0.25, 0.3) is 0 Å². The predicted octanol–water partition coefficient (Wildman–Crippen LogP) is 2.61. The molecule has 1 heterocycles. The first-order valence-electron chi connectivity index (χ1n) is 7.69. The molecule has 0 spiro atoms. The van der Waals surface area contributed by atoms with E-state index in [0.717, 1.165) is 12.5 Å². The molecule has 2 aliphatic rings. The summed E-state index contributed by atoms with van der Waals surface area (Å²) < 4.78 is 0. The fourth-order valence-electron chi connectivity index (χ4n) is 3.45. The predicted molar refractivity (Wildman–Crippen MR) is 80.5 cm³/mol. The summed E-state index contributed by atoms with van der Waals surface area (Å²) in [5.41, 5.74) is 3.32. The van der Waals surface area contributed by atoms with Crippen molar-refractivity contribution in [1.29, 1.82) is 0 Å². The highest BCUT2D eigenvalue weighted by atomic mass is 15.2. The minimum absolute atomic E-state index is 0.379. The zero-order valence-corrected chi connectivity index (χ0v) is 12.3. The zero-order valence-electron chi connectivity index (χ0n) is 12.3. The Kier molecular flexibility index (Phi) is 3.64. The summed E-state index contributed by atoms with van der Waals surface area (Å²) in [6.07, 6.45) is 4.04. The molecule has 19 heavy (non-hydrogen) atoms. The number of hydrogen-bond donors (Lipinski definition) is 1. The second kappa shape index (κ2) is 5.26. The van der Waals surface area contributed by atoms with Crippen molar-refractivity contribution in [2.45, 2.75) is 38.6 Å². The average Bonchev–Trinajstić information content (AvgIpc) is 3.23. The molecule has 2 nitrogen and oxygen atoms in total. The molecule has 2 fully saturated rings. The van der Waals surface area contributed by atoms with Crippen LogP contribution >= 0.6 is 0 Å². The molecule has 1 aliphatic carbocycles. The molecule has 1 aliphatic heterocycles. The number of aryl methyl sites for hydroxylation is 1. The number of benzene rings is 1. The third-order valence-corrected chi connectivity index (χ3v) is 4.95. The first-order chi connectivity index (χ1) is 9.17. The summed E-state index contributed by atoms with van der Waals surface area (Å²) in [6, 6.07) is 8.79. The molecule has 1 aromatic carbocycles. The van der Waals surface area contributed by atoms with E-state index in [4.69, 9.17) is 0 Å². The third kappa shape index (κ3) is 3.01. The number of nitrogens with zero attached hydrogens (tertiary/aromatic N) is 1. The van der Waals surface area contributed by atoms with E-state index in [9.17, 15) is 0 Å². The largest absolute Gasteiger partial charge is 0.309 e. The van der Waals surface area contributed by atoms with Gasteiger partial charge in [-0.3, -0.25) is 4.90 Å². The van der Waals surface area contributed by atoms with E-state index in [1.807, 2.05) is 0 Å². The summed E-state index contributed by atoms with van der Waals surface area (Å²) in [5.74, 6) is 0.925. The Balaban J connectivity index is 1.56. The van der Waals surface area contributed by atoms with Crippen molar-refractivity contribution in [3.05, 3.63) is 35.4 Å². The van der Waals surface area contributed by atoms with Crippen LogP contribution in [0.1, 0.15) is 30.9 Å². The first-order valence-corrected chi connectivity index (χ1v) is 7.69. The molecular formula is C17H26N2. The fourth-order valence-corrected chi connectivity index (χ4v) is 3.45. The monoisotopic (exact) mass is 258 g/mol. The van der Waals surface area contributed by atoms with Gasteiger partial charge in [0, 0.05) is 31.7 Å². The Morgan fingerprint density at radius 3 is 2.84 bits per heavy atom. The van der Waals surface area contributed by atoms with Crippen LogP contribution < -0.4 is 5.32 Å². The SMILES string of the molecule is Cc1ccccc1CCN1CCNC(C)(C2CC2)C1. The highest BCUT2D eigenvalue weighted by Gasteiger charge is 2.43. The first kappa shape index (κ1) is 13.1. The van der Waals surface area contributed by atoms with Crippen LogP contribution in [0.3, 0.4) is 0 Å². The van der Waals surface area contributed by atoms with Gasteiger partial charge < -0.3 is 5.32 Å². The van der Waals surface area contributed by atoms with Crippen LogP contribution in [0.4, 0.5) is 0 Å². The smallest absolute Gasteiger partial charge is 0.0309 e. The molecule has 1 saturated carbocycles. The van der Waals surface area contributed by atoms with Crippen molar-refractivity contribution in [2.24, 2.45) is 5.92 Å². The van der Waals surface area contributed by atoms with Gasteiger partial charge in [0.15, 0.2) is 0 Å². The van der Waals surface area contributed by atoms with Crippen LogP contribution in [-0.4, -0.2) is 36.6 Å². The molecule has 1 saturated heterocycles. The van der Waals surface area contributed by atoms with E-state index in [-0.39, 0.29) is 0 Å². The molecular weight excluding hydrogens is 232 g/mol. The van der Waals surface area contributed by atoms with Crippen molar-refractivity contribution in [3.8, 4) is 0 Å². The summed E-state index contributed by atoms with van der Waals surface area (Å²) in [5, 5.41) is 3.76. The van der Waals surface area contributed by atoms with Crippen LogP contribution in [0.15, 0.2) is 24.3 Å². The van der Waals surface area contributed by atoms with Crippen LogP contribution in [0.2, 0.25) is 0 Å². The van der Waals surface area contributed by atoms with E-state index in [0.29, 0.717) is 5.54 Å². The van der Waals surface area contributed by atoms with E-state index < -0.39 is 0 Å². The molecule has 1 N–H and O–H groups in total. The lowest BCUT2D eigenvalue weighted by Crippen LogP contribution is -2.60. The van der Waals surface area contributed by atoms with Gasteiger partial charge in [0.05, 0.1) is 0 Å². The Morgan fingerprint density at radius 2 is 2.11 bits per heavy atom. The molecule has 3 rings (SSSR count). The summed E-state index contributed by atoms with van der Waals surface area (Å²) in [6.45, 7) is 9.43. The Hall–Kier alpha value is -0.860. The Morgan fingerprint density at radius 1 is 1.32 bits per heavy atom. The van der Waals surface area contributed by atoms with Gasteiger partial charge in [-0.25, -0.2) is 0 Å². The summed E-state index contributed by atoms with van der Waals surface area (Å²) in [4.78, 5) is 2.65. The van der Waals surface area contributed by atoms with Gasteiger partial charge in [-0.1, -0.05) is 24.3 Å². The molecule has 0 aromatic heterocycles. The lowest BCUT2D eigenvalue weighted by Gasteiger charge is -2.42. The summed E-state index contributed by atoms with van der Waals surface area (Å²) >= 11 is 0. The van der Waals surface area contributed by atoms with Crippen LogP contribution in [0, 0.1) is 12.8 Å². The molecule has 1 atom stereocenters. The molecule has 1 unspecified atom stereocenters. The van der Waals surface area contributed by atoms with E-state index in [1.54, 1.807) is 0 Å². The zero-order chi connectivity index (χ0) is 13.3. The molecule has 104 valence electrons.